The minimum Gasteiger partial charge on any atom is -0.249 e. The normalized spacial score (nSPS) is 24.9. The molecule has 0 spiro atoms. The summed E-state index contributed by atoms with van der Waals surface area (Å²) in [6.45, 7) is 0. The van der Waals surface area contributed by atoms with Gasteiger partial charge in [-0.3, -0.25) is 0 Å². The number of rotatable bonds is 4. The molecule has 3 nitrogen and oxygen atoms in total. The molecule has 1 aliphatic heterocycles. The van der Waals surface area contributed by atoms with Crippen LogP contribution in [0.25, 0.3) is 0 Å². The molecule has 2 aromatic rings. The van der Waals surface area contributed by atoms with Crippen LogP contribution in [-0.4, -0.2) is 40.5 Å². The number of carbonyl (C=O) groups is 1. The number of halogens is 2. The van der Waals surface area contributed by atoms with Crippen molar-refractivity contribution < 1.29 is 9.28 Å². The molecule has 1 amide bonds. The zero-order chi connectivity index (χ0) is 18.1. The Bertz CT molecular complexity index is 705. The fourth-order valence-electron chi connectivity index (χ4n) is 3.61. The Morgan fingerprint density at radius 2 is 1.52 bits per heavy atom. The van der Waals surface area contributed by atoms with Crippen molar-refractivity contribution in [2.45, 2.75) is 17.6 Å². The molecule has 1 atom stereocenters. The number of quaternary nitrogens is 1. The quantitative estimate of drug-likeness (QED) is 0.418. The topological polar surface area (TPSA) is 29.1 Å². The van der Waals surface area contributed by atoms with Gasteiger partial charge in [0.2, 0.25) is 0 Å². The van der Waals surface area contributed by atoms with Crippen LogP contribution in [0.4, 0.5) is 0 Å². The number of nitrogens with one attached hydrogen (secondary N) is 1. The van der Waals surface area contributed by atoms with Gasteiger partial charge in [-0.15, -0.1) is 11.6 Å². The van der Waals surface area contributed by atoms with Crippen molar-refractivity contribution in [3.8, 4) is 0 Å². The van der Waals surface area contributed by atoms with Crippen molar-refractivity contribution in [3.05, 3.63) is 71.8 Å². The Labute approximate surface area is 168 Å². The van der Waals surface area contributed by atoms with E-state index in [0.717, 1.165) is 15.6 Å². The van der Waals surface area contributed by atoms with E-state index in [4.69, 9.17) is 11.6 Å². The second kappa shape index (κ2) is 6.99. The standard InChI is InChI=1S/C20H23ClIN2O/c1-24(2)18(25)13-20(16-9-5-3-6-10-16,17-11-7-4-8-12-17)23-19(24,14-21)15-22/h3-12,23H,13-15H2,1-2H3/q+1. The predicted octanol–water partition coefficient (Wildman–Crippen LogP) is 3.90. The second-order valence-electron chi connectivity index (χ2n) is 7.09. The maximum atomic E-state index is 13.3. The van der Waals surface area contributed by atoms with Crippen LogP contribution in [0.15, 0.2) is 60.7 Å². The summed E-state index contributed by atoms with van der Waals surface area (Å²) in [5.74, 6) is 0.541. The Morgan fingerprint density at radius 1 is 1.04 bits per heavy atom. The van der Waals surface area contributed by atoms with E-state index in [1.165, 1.54) is 0 Å². The van der Waals surface area contributed by atoms with Crippen LogP contribution in [0.1, 0.15) is 17.5 Å². The van der Waals surface area contributed by atoms with Crippen LogP contribution >= 0.6 is 34.2 Å². The van der Waals surface area contributed by atoms with Gasteiger partial charge < -0.3 is 0 Å². The van der Waals surface area contributed by atoms with Gasteiger partial charge in [-0.05, 0) is 11.1 Å². The SMILES string of the molecule is C[N+]1(C)C(=O)CC(c2ccccc2)(c2ccccc2)NC1(CCl)CI. The third-order valence-electron chi connectivity index (χ3n) is 5.53. The first-order valence-corrected chi connectivity index (χ1v) is 10.4. The lowest BCUT2D eigenvalue weighted by atomic mass is 9.76. The number of carbonyl (C=O) groups excluding carboxylic acids is 1. The van der Waals surface area contributed by atoms with Crippen LogP contribution in [0.2, 0.25) is 0 Å². The molecule has 25 heavy (non-hydrogen) atoms. The zero-order valence-corrected chi connectivity index (χ0v) is 17.4. The number of benzene rings is 2. The van der Waals surface area contributed by atoms with Crippen LogP contribution in [0, 0.1) is 0 Å². The molecule has 2 aromatic carbocycles. The highest BCUT2D eigenvalue weighted by Crippen LogP contribution is 2.43. The molecule has 1 N–H and O–H groups in total. The highest BCUT2D eigenvalue weighted by atomic mass is 127. The van der Waals surface area contributed by atoms with Crippen molar-refractivity contribution in [2.75, 3.05) is 24.4 Å². The number of hydrogen-bond donors (Lipinski definition) is 1. The van der Waals surface area contributed by atoms with E-state index < -0.39 is 11.2 Å². The number of alkyl halides is 2. The van der Waals surface area contributed by atoms with Gasteiger partial charge in [-0.2, -0.15) is 0 Å². The summed E-state index contributed by atoms with van der Waals surface area (Å²) < 4.78 is 0.968. The molecule has 0 bridgehead atoms. The van der Waals surface area contributed by atoms with Crippen LogP contribution < -0.4 is 5.32 Å². The van der Waals surface area contributed by atoms with Gasteiger partial charge >= 0.3 is 5.91 Å². The summed E-state index contributed by atoms with van der Waals surface area (Å²) in [7, 11) is 3.91. The third-order valence-corrected chi connectivity index (χ3v) is 7.24. The molecular formula is C20H23ClIN2O+. The molecular weight excluding hydrogens is 447 g/mol. The molecule has 1 unspecified atom stereocenters. The minimum absolute atomic E-state index is 0.184. The monoisotopic (exact) mass is 469 g/mol. The minimum atomic E-state index is -0.576. The van der Waals surface area contributed by atoms with Gasteiger partial charge in [0.15, 0.2) is 5.66 Å². The van der Waals surface area contributed by atoms with E-state index in [0.29, 0.717) is 12.3 Å². The summed E-state index contributed by atoms with van der Waals surface area (Å²) in [5, 5.41) is 3.85. The first-order valence-electron chi connectivity index (χ1n) is 8.32. The molecule has 5 heteroatoms. The van der Waals surface area contributed by atoms with Gasteiger partial charge in [0.05, 0.1) is 36.4 Å². The molecule has 132 valence electrons. The highest BCUT2D eigenvalue weighted by Gasteiger charge is 2.60. The predicted molar refractivity (Wildman–Crippen MR) is 111 cm³/mol. The summed E-state index contributed by atoms with van der Waals surface area (Å²) in [6.07, 6.45) is 0.392. The lowest BCUT2D eigenvalue weighted by molar-refractivity contribution is -0.873. The Balaban J connectivity index is 2.25. The van der Waals surface area contributed by atoms with Gasteiger partial charge in [0.25, 0.3) is 0 Å². The van der Waals surface area contributed by atoms with Gasteiger partial charge in [0, 0.05) is 0 Å². The van der Waals surface area contributed by atoms with Crippen molar-refractivity contribution in [2.24, 2.45) is 0 Å². The van der Waals surface area contributed by atoms with Gasteiger partial charge in [-0.1, -0.05) is 83.3 Å². The average molecular weight is 470 g/mol. The summed E-state index contributed by atoms with van der Waals surface area (Å²) >= 11 is 8.79. The number of hydrogen-bond acceptors (Lipinski definition) is 2. The maximum absolute atomic E-state index is 13.3. The number of amides is 1. The third kappa shape index (κ3) is 2.93. The fourth-order valence-corrected chi connectivity index (χ4v) is 5.70. The molecule has 0 saturated carbocycles. The molecule has 0 aliphatic carbocycles. The molecule has 1 saturated heterocycles. The number of nitrogens with zero attached hydrogens (tertiary/aromatic N) is 1. The first-order chi connectivity index (χ1) is 11.9. The van der Waals surface area contributed by atoms with E-state index >= 15 is 0 Å². The molecule has 1 heterocycles. The van der Waals surface area contributed by atoms with E-state index in [9.17, 15) is 4.79 Å². The Morgan fingerprint density at radius 3 is 1.92 bits per heavy atom. The van der Waals surface area contributed by atoms with E-state index in [1.807, 2.05) is 50.5 Å². The molecule has 0 radical (unpaired) electrons. The maximum Gasteiger partial charge on any atom is 0.317 e. The first kappa shape index (κ1) is 18.8. The molecule has 3 rings (SSSR count). The van der Waals surface area contributed by atoms with Crippen LogP contribution in [-0.2, 0) is 10.3 Å². The van der Waals surface area contributed by atoms with Crippen molar-refractivity contribution in [1.29, 1.82) is 0 Å². The molecule has 1 fully saturated rings. The van der Waals surface area contributed by atoms with Crippen molar-refractivity contribution >= 4 is 40.1 Å². The molecule has 1 aliphatic rings. The Hall–Kier alpha value is -0.950. The summed E-state index contributed by atoms with van der Waals surface area (Å²) in [6, 6.07) is 20.4. The second-order valence-corrected chi connectivity index (χ2v) is 8.12. The smallest absolute Gasteiger partial charge is 0.249 e. The fraction of sp³-hybridized carbons (Fsp3) is 0.350. The Kier molecular flexibility index (Phi) is 5.26. The van der Waals surface area contributed by atoms with E-state index in [2.05, 4.69) is 52.2 Å². The van der Waals surface area contributed by atoms with Crippen molar-refractivity contribution in [1.82, 2.24) is 5.32 Å². The van der Waals surface area contributed by atoms with Gasteiger partial charge in [-0.25, -0.2) is 14.6 Å². The highest BCUT2D eigenvalue weighted by molar-refractivity contribution is 14.1. The average Bonchev–Trinajstić information content (AvgIpc) is 2.65. The van der Waals surface area contributed by atoms with E-state index in [1.54, 1.807) is 0 Å². The van der Waals surface area contributed by atoms with Crippen LogP contribution in [0.5, 0.6) is 0 Å². The van der Waals surface area contributed by atoms with E-state index in [-0.39, 0.29) is 10.4 Å². The van der Waals surface area contributed by atoms with Crippen molar-refractivity contribution in [3.63, 3.8) is 0 Å². The lowest BCUT2D eigenvalue weighted by Crippen LogP contribution is -2.79. The largest absolute Gasteiger partial charge is 0.317 e. The molecule has 0 aromatic heterocycles. The lowest BCUT2D eigenvalue weighted by Gasteiger charge is -2.55. The van der Waals surface area contributed by atoms with Gasteiger partial charge in [0.1, 0.15) is 0 Å². The van der Waals surface area contributed by atoms with Crippen LogP contribution in [0.3, 0.4) is 0 Å². The summed E-state index contributed by atoms with van der Waals surface area (Å²) in [4.78, 5) is 13.3. The zero-order valence-electron chi connectivity index (χ0n) is 14.5. The summed E-state index contributed by atoms with van der Waals surface area (Å²) in [5.41, 5.74) is 1.07.